The number of sulfonamides is 1. The van der Waals surface area contributed by atoms with Gasteiger partial charge in [-0.15, -0.1) is 0 Å². The summed E-state index contributed by atoms with van der Waals surface area (Å²) in [6, 6.07) is 5.25. The molecular formula is C24H33N3O4S2. The first-order valence-electron chi connectivity index (χ1n) is 11.8. The molecule has 0 spiro atoms. The number of anilines is 1. The van der Waals surface area contributed by atoms with Gasteiger partial charge in [-0.3, -0.25) is 4.79 Å². The van der Waals surface area contributed by atoms with Crippen molar-refractivity contribution < 1.29 is 18.3 Å². The maximum absolute atomic E-state index is 13.1. The van der Waals surface area contributed by atoms with Crippen LogP contribution >= 0.6 is 11.3 Å². The fraction of sp³-hybridized carbons (Fsp3) is 0.583. The summed E-state index contributed by atoms with van der Waals surface area (Å²) in [7, 11) is -3.69. The highest BCUT2D eigenvalue weighted by molar-refractivity contribution is 7.89. The van der Waals surface area contributed by atoms with Crippen LogP contribution in [0, 0.1) is 19.8 Å². The van der Waals surface area contributed by atoms with Crippen LogP contribution in [-0.4, -0.2) is 36.6 Å². The van der Waals surface area contributed by atoms with Crippen molar-refractivity contribution in [3.8, 4) is 10.4 Å². The van der Waals surface area contributed by atoms with E-state index in [1.807, 2.05) is 19.1 Å². The molecule has 0 atom stereocenters. The number of carbonyl (C=O) groups is 1. The molecule has 4 rings (SSSR count). The number of aliphatic hydroxyl groups excluding tert-OH is 1. The number of rotatable bonds is 7. The molecule has 1 aromatic carbocycles. The number of hydrogen-bond acceptors (Lipinski definition) is 6. The molecule has 1 heterocycles. The van der Waals surface area contributed by atoms with Gasteiger partial charge in [-0.05, 0) is 75.5 Å². The first-order valence-corrected chi connectivity index (χ1v) is 14.1. The van der Waals surface area contributed by atoms with E-state index < -0.39 is 10.0 Å². The number of aliphatic hydroxyl groups is 1. The van der Waals surface area contributed by atoms with Gasteiger partial charge in [-0.1, -0.05) is 36.3 Å². The topological polar surface area (TPSA) is 108 Å². The highest BCUT2D eigenvalue weighted by atomic mass is 32.2. The lowest BCUT2D eigenvalue weighted by Crippen LogP contribution is -2.38. The van der Waals surface area contributed by atoms with Crippen molar-refractivity contribution in [2.24, 2.45) is 5.92 Å². The zero-order chi connectivity index (χ0) is 23.6. The Balaban J connectivity index is 1.50. The van der Waals surface area contributed by atoms with Crippen molar-refractivity contribution in [1.29, 1.82) is 0 Å². The monoisotopic (exact) mass is 491 g/mol. The lowest BCUT2D eigenvalue weighted by Gasteiger charge is -2.26. The maximum Gasteiger partial charge on any atom is 0.241 e. The standard InChI is InChI=1S/C24H33N3O4S2/c1-15-7-8-18(14-21(15)33(30,31)27-19-9-11-20(28)12-10-19)23-16(2)25-24(32-23)26-22(29)13-17-5-3-4-6-17/h7-8,14,17,19-20,27-28H,3-6,9-13H2,1-2H3,(H,25,26,29)/t19-,20-. The van der Waals surface area contributed by atoms with Crippen molar-refractivity contribution in [2.75, 3.05) is 5.32 Å². The number of hydrogen-bond donors (Lipinski definition) is 3. The van der Waals surface area contributed by atoms with E-state index in [1.165, 1.54) is 24.2 Å². The Labute approximate surface area is 200 Å². The van der Waals surface area contributed by atoms with E-state index in [4.69, 9.17) is 0 Å². The highest BCUT2D eigenvalue weighted by Crippen LogP contribution is 2.35. The van der Waals surface area contributed by atoms with Crippen LogP contribution in [-0.2, 0) is 14.8 Å². The van der Waals surface area contributed by atoms with Gasteiger partial charge >= 0.3 is 0 Å². The smallest absolute Gasteiger partial charge is 0.241 e. The summed E-state index contributed by atoms with van der Waals surface area (Å²) in [5, 5.41) is 13.2. The van der Waals surface area contributed by atoms with Crippen molar-refractivity contribution >= 4 is 32.4 Å². The van der Waals surface area contributed by atoms with Gasteiger partial charge in [-0.2, -0.15) is 0 Å². The largest absolute Gasteiger partial charge is 0.393 e. The number of nitrogens with one attached hydrogen (secondary N) is 2. The Kier molecular flexibility index (Phi) is 7.53. The second kappa shape index (κ2) is 10.2. The fourth-order valence-corrected chi connectivity index (χ4v) is 7.43. The van der Waals surface area contributed by atoms with Crippen LogP contribution in [0.2, 0.25) is 0 Å². The van der Waals surface area contributed by atoms with E-state index in [-0.39, 0.29) is 22.9 Å². The summed E-state index contributed by atoms with van der Waals surface area (Å²) in [6.45, 7) is 3.66. The van der Waals surface area contributed by atoms with Gasteiger partial charge in [0.1, 0.15) is 0 Å². The normalized spacial score (nSPS) is 21.9. The molecule has 2 fully saturated rings. The molecule has 2 saturated carbocycles. The van der Waals surface area contributed by atoms with Crippen molar-refractivity contribution in [3.05, 3.63) is 29.5 Å². The molecule has 0 saturated heterocycles. The molecule has 2 aromatic rings. The van der Waals surface area contributed by atoms with Crippen LogP contribution in [0.15, 0.2) is 23.1 Å². The average molecular weight is 492 g/mol. The van der Waals surface area contributed by atoms with Crippen molar-refractivity contribution in [3.63, 3.8) is 0 Å². The quantitative estimate of drug-likeness (QED) is 0.527. The highest BCUT2D eigenvalue weighted by Gasteiger charge is 2.26. The van der Waals surface area contributed by atoms with E-state index in [0.29, 0.717) is 48.7 Å². The Morgan fingerprint density at radius 1 is 1.12 bits per heavy atom. The number of thiazole rings is 1. The number of aromatic nitrogens is 1. The van der Waals surface area contributed by atoms with Gasteiger partial charge in [0.25, 0.3) is 0 Å². The minimum Gasteiger partial charge on any atom is -0.393 e. The third kappa shape index (κ3) is 6.01. The molecular weight excluding hydrogens is 458 g/mol. The Morgan fingerprint density at radius 3 is 2.52 bits per heavy atom. The number of benzene rings is 1. The SMILES string of the molecule is Cc1ccc(-c2sc(NC(=O)CC3CCCC3)nc2C)cc1S(=O)(=O)N[C@H]1CC[C@H](O)CC1. The van der Waals surface area contributed by atoms with E-state index >= 15 is 0 Å². The molecule has 33 heavy (non-hydrogen) atoms. The van der Waals surface area contributed by atoms with Crippen LogP contribution in [0.4, 0.5) is 5.13 Å². The molecule has 0 radical (unpaired) electrons. The second-order valence-corrected chi connectivity index (χ2v) is 12.1. The predicted octanol–water partition coefficient (Wildman–Crippen LogP) is 4.53. The average Bonchev–Trinajstić information content (AvgIpc) is 3.39. The molecule has 2 aliphatic carbocycles. The van der Waals surface area contributed by atoms with Gasteiger partial charge in [0.2, 0.25) is 15.9 Å². The lowest BCUT2D eigenvalue weighted by molar-refractivity contribution is -0.117. The first-order chi connectivity index (χ1) is 15.7. The number of nitrogens with zero attached hydrogens (tertiary/aromatic N) is 1. The van der Waals surface area contributed by atoms with Crippen LogP contribution in [0.5, 0.6) is 0 Å². The fourth-order valence-electron chi connectivity index (χ4n) is 4.87. The van der Waals surface area contributed by atoms with Gasteiger partial charge in [0, 0.05) is 12.5 Å². The van der Waals surface area contributed by atoms with Gasteiger partial charge in [-0.25, -0.2) is 18.1 Å². The van der Waals surface area contributed by atoms with E-state index in [2.05, 4.69) is 15.0 Å². The molecule has 1 aromatic heterocycles. The summed E-state index contributed by atoms with van der Waals surface area (Å²) in [5.41, 5.74) is 2.21. The molecule has 9 heteroatoms. The number of carbonyl (C=O) groups excluding carboxylic acids is 1. The summed E-state index contributed by atoms with van der Waals surface area (Å²) in [5.74, 6) is 0.464. The van der Waals surface area contributed by atoms with Gasteiger partial charge in [0.15, 0.2) is 5.13 Å². The molecule has 7 nitrogen and oxygen atoms in total. The Morgan fingerprint density at radius 2 is 1.82 bits per heavy atom. The van der Waals surface area contributed by atoms with E-state index in [1.54, 1.807) is 13.0 Å². The van der Waals surface area contributed by atoms with Crippen LogP contribution < -0.4 is 10.0 Å². The molecule has 0 bridgehead atoms. The minimum atomic E-state index is -3.69. The van der Waals surface area contributed by atoms with Crippen molar-refractivity contribution in [1.82, 2.24) is 9.71 Å². The summed E-state index contributed by atoms with van der Waals surface area (Å²) >= 11 is 1.37. The lowest BCUT2D eigenvalue weighted by atomic mass is 9.94. The summed E-state index contributed by atoms with van der Waals surface area (Å²) < 4.78 is 29.1. The number of amides is 1. The zero-order valence-corrected chi connectivity index (χ0v) is 20.9. The zero-order valence-electron chi connectivity index (χ0n) is 19.3. The number of aryl methyl sites for hydroxylation is 2. The Hall–Kier alpha value is -1.81. The molecule has 1 amide bonds. The third-order valence-electron chi connectivity index (χ3n) is 6.75. The van der Waals surface area contributed by atoms with Crippen LogP contribution in [0.3, 0.4) is 0 Å². The molecule has 180 valence electrons. The minimum absolute atomic E-state index is 0.00354. The van der Waals surface area contributed by atoms with Crippen molar-refractivity contribution in [2.45, 2.75) is 88.7 Å². The first kappa shape index (κ1) is 24.3. The van der Waals surface area contributed by atoms with Crippen LogP contribution in [0.25, 0.3) is 10.4 Å². The summed E-state index contributed by atoms with van der Waals surface area (Å²) in [4.78, 5) is 18.0. The molecule has 2 aliphatic rings. The van der Waals surface area contributed by atoms with E-state index in [0.717, 1.165) is 29.0 Å². The van der Waals surface area contributed by atoms with E-state index in [9.17, 15) is 18.3 Å². The summed E-state index contributed by atoms with van der Waals surface area (Å²) in [6.07, 6.45) is 7.33. The van der Waals surface area contributed by atoms with Crippen LogP contribution in [0.1, 0.15) is 69.0 Å². The van der Waals surface area contributed by atoms with Gasteiger partial charge in [0.05, 0.1) is 21.6 Å². The molecule has 0 aliphatic heterocycles. The maximum atomic E-state index is 13.1. The molecule has 0 unspecified atom stereocenters. The second-order valence-electron chi connectivity index (χ2n) is 9.44. The third-order valence-corrected chi connectivity index (χ3v) is 9.53. The molecule has 3 N–H and O–H groups in total. The predicted molar refractivity (Wildman–Crippen MR) is 131 cm³/mol. The Bertz CT molecular complexity index is 1100. The van der Waals surface area contributed by atoms with Gasteiger partial charge < -0.3 is 10.4 Å².